The maximum absolute atomic E-state index is 12.9. The summed E-state index contributed by atoms with van der Waals surface area (Å²) in [6, 6.07) is 6.36. The number of benzene rings is 1. The van der Waals surface area contributed by atoms with Crippen LogP contribution in [0.4, 0.5) is 0 Å². The summed E-state index contributed by atoms with van der Waals surface area (Å²) < 4.78 is 5.63. The summed E-state index contributed by atoms with van der Waals surface area (Å²) in [6.45, 7) is 1.47. The minimum Gasteiger partial charge on any atom is -0.378 e. The van der Waals surface area contributed by atoms with Crippen LogP contribution in [-0.2, 0) is 4.74 Å². The SMILES string of the molecule is CN1C2COCC1CC(C(=O)c1ccc3nccnc3c1)C2. The molecular formula is C17H19N3O2. The molecule has 1 aromatic heterocycles. The molecular weight excluding hydrogens is 278 g/mol. The van der Waals surface area contributed by atoms with E-state index in [4.69, 9.17) is 4.74 Å². The average Bonchev–Trinajstić information content (AvgIpc) is 2.53. The van der Waals surface area contributed by atoms with Crippen molar-refractivity contribution in [1.29, 1.82) is 0 Å². The molecule has 2 bridgehead atoms. The molecule has 0 N–H and O–H groups in total. The van der Waals surface area contributed by atoms with E-state index >= 15 is 0 Å². The largest absolute Gasteiger partial charge is 0.378 e. The number of likely N-dealkylation sites (N-methyl/N-ethyl adjacent to an activating group) is 1. The van der Waals surface area contributed by atoms with E-state index in [1.54, 1.807) is 12.4 Å². The van der Waals surface area contributed by atoms with E-state index in [1.165, 1.54) is 0 Å². The summed E-state index contributed by atoms with van der Waals surface area (Å²) in [6.07, 6.45) is 5.09. The number of ether oxygens (including phenoxy) is 1. The van der Waals surface area contributed by atoms with E-state index in [2.05, 4.69) is 21.9 Å². The lowest BCUT2D eigenvalue weighted by Crippen LogP contribution is -2.55. The summed E-state index contributed by atoms with van der Waals surface area (Å²) in [7, 11) is 2.14. The summed E-state index contributed by atoms with van der Waals surface area (Å²) in [5.74, 6) is 0.321. The van der Waals surface area contributed by atoms with Gasteiger partial charge in [0.15, 0.2) is 5.78 Å². The van der Waals surface area contributed by atoms with Gasteiger partial charge in [-0.2, -0.15) is 0 Å². The minimum absolute atomic E-state index is 0.0872. The Morgan fingerprint density at radius 1 is 1.14 bits per heavy atom. The number of aromatic nitrogens is 2. The van der Waals surface area contributed by atoms with Gasteiger partial charge in [-0.3, -0.25) is 19.7 Å². The summed E-state index contributed by atoms with van der Waals surface area (Å²) in [5.41, 5.74) is 2.36. The zero-order chi connectivity index (χ0) is 15.1. The van der Waals surface area contributed by atoms with Crippen molar-refractivity contribution in [3.05, 3.63) is 36.2 Å². The van der Waals surface area contributed by atoms with Crippen LogP contribution < -0.4 is 0 Å². The first-order valence-electron chi connectivity index (χ1n) is 7.77. The number of piperidine rings is 1. The summed E-state index contributed by atoms with van der Waals surface area (Å²) in [4.78, 5) is 23.8. The molecule has 2 aromatic rings. The van der Waals surface area contributed by atoms with Crippen molar-refractivity contribution in [1.82, 2.24) is 14.9 Å². The number of rotatable bonds is 2. The van der Waals surface area contributed by atoms with Crippen molar-refractivity contribution in [2.45, 2.75) is 24.9 Å². The van der Waals surface area contributed by atoms with Crippen molar-refractivity contribution in [3.8, 4) is 0 Å². The lowest BCUT2D eigenvalue weighted by Gasteiger charge is -2.46. The second-order valence-electron chi connectivity index (χ2n) is 6.30. The maximum Gasteiger partial charge on any atom is 0.166 e. The minimum atomic E-state index is 0.0872. The van der Waals surface area contributed by atoms with Gasteiger partial charge in [0.2, 0.25) is 0 Å². The molecule has 2 saturated heterocycles. The fourth-order valence-corrected chi connectivity index (χ4v) is 3.66. The molecule has 2 aliphatic heterocycles. The number of nitrogens with zero attached hydrogens (tertiary/aromatic N) is 3. The molecule has 2 fully saturated rings. The molecule has 4 rings (SSSR count). The fourth-order valence-electron chi connectivity index (χ4n) is 3.66. The molecule has 3 heterocycles. The van der Waals surface area contributed by atoms with Gasteiger partial charge in [-0.25, -0.2) is 0 Å². The van der Waals surface area contributed by atoms with Gasteiger partial charge in [0.25, 0.3) is 0 Å². The number of hydrogen-bond donors (Lipinski definition) is 0. The number of Topliss-reactive ketones (excluding diaryl/α,β-unsaturated/α-hetero) is 1. The lowest BCUT2D eigenvalue weighted by atomic mass is 9.81. The van der Waals surface area contributed by atoms with Gasteiger partial charge in [-0.1, -0.05) is 0 Å². The number of carbonyl (C=O) groups excluding carboxylic acids is 1. The smallest absolute Gasteiger partial charge is 0.166 e. The molecule has 2 atom stereocenters. The molecule has 1 aromatic carbocycles. The van der Waals surface area contributed by atoms with Crippen molar-refractivity contribution in [2.75, 3.05) is 20.3 Å². The Hall–Kier alpha value is -1.85. The van der Waals surface area contributed by atoms with Gasteiger partial charge in [0.1, 0.15) is 0 Å². The van der Waals surface area contributed by atoms with Crippen molar-refractivity contribution in [2.24, 2.45) is 5.92 Å². The topological polar surface area (TPSA) is 55.3 Å². The van der Waals surface area contributed by atoms with Crippen LogP contribution >= 0.6 is 0 Å². The van der Waals surface area contributed by atoms with Crippen LogP contribution in [0, 0.1) is 5.92 Å². The van der Waals surface area contributed by atoms with E-state index in [1.807, 2.05) is 18.2 Å². The summed E-state index contributed by atoms with van der Waals surface area (Å²) in [5, 5.41) is 0. The Morgan fingerprint density at radius 3 is 2.55 bits per heavy atom. The quantitative estimate of drug-likeness (QED) is 0.793. The normalized spacial score (nSPS) is 28.7. The van der Waals surface area contributed by atoms with Crippen LogP contribution in [0.15, 0.2) is 30.6 Å². The predicted molar refractivity (Wildman–Crippen MR) is 82.8 cm³/mol. The Bertz CT molecular complexity index is 704. The second kappa shape index (κ2) is 5.41. The van der Waals surface area contributed by atoms with E-state index in [0.29, 0.717) is 12.1 Å². The highest BCUT2D eigenvalue weighted by molar-refractivity contribution is 6.00. The molecule has 0 spiro atoms. The van der Waals surface area contributed by atoms with Crippen LogP contribution in [0.1, 0.15) is 23.2 Å². The maximum atomic E-state index is 12.9. The molecule has 2 aliphatic rings. The fraction of sp³-hybridized carbons (Fsp3) is 0.471. The third-order valence-electron chi connectivity index (χ3n) is 5.01. The number of fused-ring (bicyclic) bond motifs is 3. The molecule has 0 amide bonds. The standard InChI is InChI=1S/C17H19N3O2/c1-20-13-6-12(7-14(20)10-22-9-13)17(21)11-2-3-15-16(8-11)19-5-4-18-15/h2-5,8,12-14H,6-7,9-10H2,1H3. The molecule has 0 radical (unpaired) electrons. The van der Waals surface area contributed by atoms with Crippen LogP contribution in [0.3, 0.4) is 0 Å². The predicted octanol–water partition coefficient (Wildman–Crippen LogP) is 1.92. The number of carbonyl (C=O) groups is 1. The van der Waals surface area contributed by atoms with Gasteiger partial charge >= 0.3 is 0 Å². The Balaban J connectivity index is 1.60. The third kappa shape index (κ3) is 2.30. The van der Waals surface area contributed by atoms with Crippen molar-refractivity contribution < 1.29 is 9.53 Å². The zero-order valence-electron chi connectivity index (χ0n) is 12.6. The van der Waals surface area contributed by atoms with Gasteiger partial charge in [-0.15, -0.1) is 0 Å². The van der Waals surface area contributed by atoms with Gasteiger partial charge in [0.05, 0.1) is 24.2 Å². The molecule has 5 heteroatoms. The van der Waals surface area contributed by atoms with Crippen molar-refractivity contribution in [3.63, 3.8) is 0 Å². The van der Waals surface area contributed by atoms with Crippen LogP contribution in [-0.4, -0.2) is 53.0 Å². The monoisotopic (exact) mass is 297 g/mol. The number of morpholine rings is 1. The Kier molecular flexibility index (Phi) is 3.39. The van der Waals surface area contributed by atoms with Gasteiger partial charge in [0, 0.05) is 36.0 Å². The van der Waals surface area contributed by atoms with Crippen molar-refractivity contribution >= 4 is 16.8 Å². The van der Waals surface area contributed by atoms with Crippen LogP contribution in [0.5, 0.6) is 0 Å². The molecule has 0 aliphatic carbocycles. The molecule has 0 saturated carbocycles. The highest BCUT2D eigenvalue weighted by atomic mass is 16.5. The third-order valence-corrected chi connectivity index (χ3v) is 5.01. The van der Waals surface area contributed by atoms with E-state index < -0.39 is 0 Å². The number of hydrogen-bond acceptors (Lipinski definition) is 5. The zero-order valence-corrected chi connectivity index (χ0v) is 12.6. The Labute approximate surface area is 129 Å². The van der Waals surface area contributed by atoms with Crippen LogP contribution in [0.25, 0.3) is 11.0 Å². The first kappa shape index (κ1) is 13.8. The molecule has 2 unspecified atom stereocenters. The number of ketones is 1. The van der Waals surface area contributed by atoms with E-state index in [-0.39, 0.29) is 11.7 Å². The highest BCUT2D eigenvalue weighted by Crippen LogP contribution is 2.32. The van der Waals surface area contributed by atoms with Gasteiger partial charge < -0.3 is 4.74 Å². The van der Waals surface area contributed by atoms with Crippen LogP contribution in [0.2, 0.25) is 0 Å². The first-order chi connectivity index (χ1) is 10.7. The van der Waals surface area contributed by atoms with E-state index in [9.17, 15) is 4.79 Å². The Morgan fingerprint density at radius 2 is 1.82 bits per heavy atom. The first-order valence-corrected chi connectivity index (χ1v) is 7.77. The summed E-state index contributed by atoms with van der Waals surface area (Å²) >= 11 is 0. The van der Waals surface area contributed by atoms with Gasteiger partial charge in [-0.05, 0) is 38.1 Å². The molecule has 5 nitrogen and oxygen atoms in total. The lowest BCUT2D eigenvalue weighted by molar-refractivity contribution is -0.0702. The van der Waals surface area contributed by atoms with E-state index in [0.717, 1.165) is 42.7 Å². The molecule has 114 valence electrons. The highest BCUT2D eigenvalue weighted by Gasteiger charge is 2.39. The average molecular weight is 297 g/mol. The second-order valence-corrected chi connectivity index (χ2v) is 6.30. The molecule has 22 heavy (non-hydrogen) atoms.